The van der Waals surface area contributed by atoms with Gasteiger partial charge in [0.1, 0.15) is 0 Å². The molecule has 0 bridgehead atoms. The number of hydrogen-bond acceptors (Lipinski definition) is 3. The summed E-state index contributed by atoms with van der Waals surface area (Å²) in [6, 6.07) is 13.1. The van der Waals surface area contributed by atoms with Crippen molar-refractivity contribution in [1.82, 2.24) is 5.16 Å². The molecule has 1 heterocycles. The van der Waals surface area contributed by atoms with Crippen LogP contribution < -0.4 is 5.73 Å². The molecule has 0 saturated carbocycles. The van der Waals surface area contributed by atoms with E-state index in [0.29, 0.717) is 21.6 Å². The first-order valence-electron chi connectivity index (χ1n) is 6.34. The Labute approximate surface area is 132 Å². The summed E-state index contributed by atoms with van der Waals surface area (Å²) in [5, 5.41) is 5.20. The molecule has 5 heteroatoms. The van der Waals surface area contributed by atoms with Crippen molar-refractivity contribution in [2.24, 2.45) is 0 Å². The number of aromatic nitrogens is 1. The van der Waals surface area contributed by atoms with Crippen LogP contribution in [0.3, 0.4) is 0 Å². The summed E-state index contributed by atoms with van der Waals surface area (Å²) in [4.78, 5) is 0. The molecule has 0 amide bonds. The molecule has 3 nitrogen and oxygen atoms in total. The summed E-state index contributed by atoms with van der Waals surface area (Å²) in [7, 11) is 0. The van der Waals surface area contributed by atoms with Crippen molar-refractivity contribution in [1.29, 1.82) is 0 Å². The smallest absolute Gasteiger partial charge is 0.176 e. The summed E-state index contributed by atoms with van der Waals surface area (Å²) in [5.41, 5.74) is 9.42. The van der Waals surface area contributed by atoms with Gasteiger partial charge in [0.2, 0.25) is 0 Å². The third-order valence-electron chi connectivity index (χ3n) is 3.29. The second-order valence-electron chi connectivity index (χ2n) is 4.74. The summed E-state index contributed by atoms with van der Waals surface area (Å²) < 4.78 is 5.39. The van der Waals surface area contributed by atoms with Crippen molar-refractivity contribution >= 4 is 29.0 Å². The molecule has 3 rings (SSSR count). The Morgan fingerprint density at radius 2 is 1.67 bits per heavy atom. The molecular weight excluding hydrogens is 307 g/mol. The minimum absolute atomic E-state index is 0.337. The molecule has 0 unspecified atom stereocenters. The number of nitrogens with zero attached hydrogens (tertiary/aromatic N) is 1. The van der Waals surface area contributed by atoms with Crippen LogP contribution in [0.15, 0.2) is 47.0 Å². The van der Waals surface area contributed by atoms with Gasteiger partial charge in [0, 0.05) is 15.6 Å². The number of aryl methyl sites for hydroxylation is 1. The van der Waals surface area contributed by atoms with Gasteiger partial charge in [0.25, 0.3) is 0 Å². The normalized spacial score (nSPS) is 10.8. The first-order valence-corrected chi connectivity index (χ1v) is 7.09. The van der Waals surface area contributed by atoms with E-state index in [2.05, 4.69) is 5.16 Å². The average Bonchev–Trinajstić information content (AvgIpc) is 2.85. The van der Waals surface area contributed by atoms with E-state index in [-0.39, 0.29) is 0 Å². The molecule has 3 aromatic rings. The van der Waals surface area contributed by atoms with E-state index in [0.717, 1.165) is 22.3 Å². The molecule has 0 atom stereocenters. The lowest BCUT2D eigenvalue weighted by Crippen LogP contribution is -1.89. The van der Waals surface area contributed by atoms with Gasteiger partial charge in [-0.05, 0) is 36.2 Å². The molecule has 0 spiro atoms. The molecule has 1 aromatic heterocycles. The lowest BCUT2D eigenvalue weighted by molar-refractivity contribution is 0.436. The molecule has 2 aromatic carbocycles. The van der Waals surface area contributed by atoms with E-state index in [1.807, 2.05) is 37.3 Å². The minimum atomic E-state index is 0.337. The number of nitrogen functional groups attached to an aromatic ring is 1. The zero-order valence-corrected chi connectivity index (χ0v) is 12.7. The van der Waals surface area contributed by atoms with Crippen LogP contribution in [0.1, 0.15) is 5.56 Å². The van der Waals surface area contributed by atoms with Crippen LogP contribution in [0, 0.1) is 6.92 Å². The first-order chi connectivity index (χ1) is 10.1. The maximum atomic E-state index is 6.18. The van der Waals surface area contributed by atoms with Crippen molar-refractivity contribution in [2.45, 2.75) is 6.92 Å². The van der Waals surface area contributed by atoms with E-state index in [9.17, 15) is 0 Å². The maximum Gasteiger partial charge on any atom is 0.176 e. The standard InChI is InChI=1S/C16H12Cl2N2O/c1-9-2-3-11(8-13(9)18)15-14(16(19)20-21-15)10-4-6-12(17)7-5-10/h2-8H,1H3,(H2,19,20). The van der Waals surface area contributed by atoms with Gasteiger partial charge in [0.05, 0.1) is 5.56 Å². The van der Waals surface area contributed by atoms with Gasteiger partial charge < -0.3 is 10.3 Å². The van der Waals surface area contributed by atoms with Gasteiger partial charge in [-0.3, -0.25) is 0 Å². The van der Waals surface area contributed by atoms with Gasteiger partial charge in [-0.2, -0.15) is 0 Å². The van der Waals surface area contributed by atoms with Crippen molar-refractivity contribution in [3.05, 3.63) is 58.1 Å². The minimum Gasteiger partial charge on any atom is -0.380 e. The fourth-order valence-corrected chi connectivity index (χ4v) is 2.44. The predicted molar refractivity (Wildman–Crippen MR) is 86.5 cm³/mol. The Morgan fingerprint density at radius 1 is 1.00 bits per heavy atom. The zero-order valence-electron chi connectivity index (χ0n) is 11.2. The highest BCUT2D eigenvalue weighted by Gasteiger charge is 2.18. The quantitative estimate of drug-likeness (QED) is 0.706. The van der Waals surface area contributed by atoms with Crippen molar-refractivity contribution in [2.75, 3.05) is 5.73 Å². The monoisotopic (exact) mass is 318 g/mol. The van der Waals surface area contributed by atoms with E-state index < -0.39 is 0 Å². The van der Waals surface area contributed by atoms with Crippen LogP contribution in [0.2, 0.25) is 10.0 Å². The Hall–Kier alpha value is -1.97. The maximum absolute atomic E-state index is 6.18. The van der Waals surface area contributed by atoms with E-state index in [4.69, 9.17) is 33.5 Å². The summed E-state index contributed by atoms with van der Waals surface area (Å²) in [5.74, 6) is 0.931. The Bertz CT molecular complexity index is 795. The molecular formula is C16H12Cl2N2O. The third-order valence-corrected chi connectivity index (χ3v) is 3.94. The Morgan fingerprint density at radius 3 is 2.33 bits per heavy atom. The van der Waals surface area contributed by atoms with Gasteiger partial charge in [-0.1, -0.05) is 52.6 Å². The van der Waals surface area contributed by atoms with Gasteiger partial charge in [-0.15, -0.1) is 0 Å². The van der Waals surface area contributed by atoms with Gasteiger partial charge in [-0.25, -0.2) is 0 Å². The number of hydrogen-bond donors (Lipinski definition) is 1. The van der Waals surface area contributed by atoms with Crippen LogP contribution in [0.25, 0.3) is 22.5 Å². The first kappa shape index (κ1) is 14.0. The molecule has 0 aliphatic rings. The van der Waals surface area contributed by atoms with Crippen LogP contribution in [0.5, 0.6) is 0 Å². The number of nitrogens with two attached hydrogens (primary N) is 1. The SMILES string of the molecule is Cc1ccc(-c2onc(N)c2-c2ccc(Cl)cc2)cc1Cl. The number of benzene rings is 2. The highest BCUT2D eigenvalue weighted by atomic mass is 35.5. The summed E-state index contributed by atoms with van der Waals surface area (Å²) in [6.07, 6.45) is 0. The molecule has 21 heavy (non-hydrogen) atoms. The fourth-order valence-electron chi connectivity index (χ4n) is 2.13. The lowest BCUT2D eigenvalue weighted by Gasteiger charge is -2.05. The molecule has 2 N–H and O–H groups in total. The number of rotatable bonds is 2. The van der Waals surface area contributed by atoms with Crippen molar-refractivity contribution in [3.8, 4) is 22.5 Å². The van der Waals surface area contributed by atoms with Crippen LogP contribution >= 0.6 is 23.2 Å². The van der Waals surface area contributed by atoms with Crippen molar-refractivity contribution in [3.63, 3.8) is 0 Å². The number of halogens is 2. The van der Waals surface area contributed by atoms with Crippen LogP contribution in [-0.4, -0.2) is 5.16 Å². The molecule has 0 fully saturated rings. The molecule has 106 valence electrons. The topological polar surface area (TPSA) is 52.0 Å². The van der Waals surface area contributed by atoms with E-state index in [1.54, 1.807) is 12.1 Å². The second-order valence-corrected chi connectivity index (χ2v) is 5.59. The molecule has 0 saturated heterocycles. The van der Waals surface area contributed by atoms with Gasteiger partial charge >= 0.3 is 0 Å². The third kappa shape index (κ3) is 2.62. The highest BCUT2D eigenvalue weighted by molar-refractivity contribution is 6.31. The largest absolute Gasteiger partial charge is 0.380 e. The Balaban J connectivity index is 2.16. The summed E-state index contributed by atoms with van der Waals surface area (Å²) in [6.45, 7) is 1.95. The zero-order chi connectivity index (χ0) is 15.0. The predicted octanol–water partition coefficient (Wildman–Crippen LogP) is 5.21. The molecule has 0 radical (unpaired) electrons. The second kappa shape index (κ2) is 5.43. The molecule has 0 aliphatic heterocycles. The van der Waals surface area contributed by atoms with Crippen molar-refractivity contribution < 1.29 is 4.52 Å². The highest BCUT2D eigenvalue weighted by Crippen LogP contribution is 2.38. The number of anilines is 1. The summed E-state index contributed by atoms with van der Waals surface area (Å²) >= 11 is 12.1. The van der Waals surface area contributed by atoms with Crippen LogP contribution in [-0.2, 0) is 0 Å². The van der Waals surface area contributed by atoms with E-state index in [1.165, 1.54) is 0 Å². The average molecular weight is 319 g/mol. The lowest BCUT2D eigenvalue weighted by atomic mass is 10.0. The fraction of sp³-hybridized carbons (Fsp3) is 0.0625. The Kier molecular flexibility index (Phi) is 3.62. The van der Waals surface area contributed by atoms with Crippen LogP contribution in [0.4, 0.5) is 5.82 Å². The van der Waals surface area contributed by atoms with E-state index >= 15 is 0 Å². The molecule has 0 aliphatic carbocycles. The van der Waals surface area contributed by atoms with Gasteiger partial charge in [0.15, 0.2) is 11.6 Å².